The van der Waals surface area contributed by atoms with Gasteiger partial charge in [0.2, 0.25) is 5.70 Å². The van der Waals surface area contributed by atoms with Gasteiger partial charge in [-0.1, -0.05) is 0 Å². The third-order valence-corrected chi connectivity index (χ3v) is 2.74. The Morgan fingerprint density at radius 1 is 1.48 bits per heavy atom. The standard InChI is InChI=1S/C14H14N2O5/c1-3-20-14(19)12(8(2)17)16-15-10-4-5-11-9(6-10)7-21-13(11)18/h4-6,17H,3,7H2,1-2H3/b12-8+,16-15?. The fourth-order valence-corrected chi connectivity index (χ4v) is 1.75. The van der Waals surface area contributed by atoms with E-state index in [9.17, 15) is 14.7 Å². The van der Waals surface area contributed by atoms with Gasteiger partial charge in [0.05, 0.1) is 17.9 Å². The van der Waals surface area contributed by atoms with E-state index in [1.165, 1.54) is 6.92 Å². The summed E-state index contributed by atoms with van der Waals surface area (Å²) in [5.74, 6) is -1.40. The van der Waals surface area contributed by atoms with Gasteiger partial charge in [-0.25, -0.2) is 9.59 Å². The SMILES string of the molecule is CCOC(=O)/C(N=Nc1ccc2c(c1)COC2=O)=C(/C)O. The molecule has 0 radical (unpaired) electrons. The molecule has 0 bridgehead atoms. The zero-order valence-corrected chi connectivity index (χ0v) is 11.6. The van der Waals surface area contributed by atoms with Crippen molar-refractivity contribution in [2.75, 3.05) is 6.61 Å². The number of hydrogen-bond donors (Lipinski definition) is 1. The van der Waals surface area contributed by atoms with Crippen LogP contribution in [-0.2, 0) is 20.9 Å². The van der Waals surface area contributed by atoms with Crippen LogP contribution in [0.25, 0.3) is 0 Å². The van der Waals surface area contributed by atoms with Gasteiger partial charge in [-0.3, -0.25) is 0 Å². The Morgan fingerprint density at radius 3 is 2.90 bits per heavy atom. The number of allylic oxidation sites excluding steroid dienone is 1. The Bertz CT molecular complexity index is 645. The van der Waals surface area contributed by atoms with E-state index >= 15 is 0 Å². The highest BCUT2D eigenvalue weighted by molar-refractivity contribution is 5.93. The lowest BCUT2D eigenvalue weighted by molar-refractivity contribution is -0.138. The number of aliphatic hydroxyl groups is 1. The van der Waals surface area contributed by atoms with Crippen LogP contribution in [0, 0.1) is 0 Å². The fraction of sp³-hybridized carbons (Fsp3) is 0.286. The van der Waals surface area contributed by atoms with Gasteiger partial charge in [0.25, 0.3) is 0 Å². The lowest BCUT2D eigenvalue weighted by Gasteiger charge is -2.02. The molecule has 1 aromatic rings. The minimum absolute atomic E-state index is 0.170. The van der Waals surface area contributed by atoms with E-state index in [1.54, 1.807) is 25.1 Å². The Balaban J connectivity index is 2.22. The molecule has 0 amide bonds. The van der Waals surface area contributed by atoms with Crippen LogP contribution in [0.4, 0.5) is 5.69 Å². The molecule has 1 aliphatic rings. The minimum atomic E-state index is -0.749. The van der Waals surface area contributed by atoms with E-state index in [4.69, 9.17) is 9.47 Å². The first-order chi connectivity index (χ1) is 10.0. The van der Waals surface area contributed by atoms with Crippen molar-refractivity contribution >= 4 is 17.6 Å². The van der Waals surface area contributed by atoms with Gasteiger partial charge >= 0.3 is 11.9 Å². The van der Waals surface area contributed by atoms with Gasteiger partial charge in [0.1, 0.15) is 12.4 Å². The zero-order valence-electron chi connectivity index (χ0n) is 11.6. The van der Waals surface area contributed by atoms with Gasteiger partial charge in [0.15, 0.2) is 0 Å². The summed E-state index contributed by atoms with van der Waals surface area (Å²) in [6.45, 7) is 3.33. The normalized spacial score (nSPS) is 14.7. The van der Waals surface area contributed by atoms with Crippen molar-refractivity contribution in [1.29, 1.82) is 0 Å². The maximum absolute atomic E-state index is 11.6. The Labute approximate surface area is 120 Å². The monoisotopic (exact) mass is 290 g/mol. The van der Waals surface area contributed by atoms with Crippen molar-refractivity contribution in [1.82, 2.24) is 0 Å². The summed E-state index contributed by atoms with van der Waals surface area (Å²) in [6, 6.07) is 4.79. The van der Waals surface area contributed by atoms with Crippen molar-refractivity contribution in [3.63, 3.8) is 0 Å². The number of azo groups is 1. The summed E-state index contributed by atoms with van der Waals surface area (Å²) >= 11 is 0. The second-order valence-electron chi connectivity index (χ2n) is 4.27. The molecular formula is C14H14N2O5. The highest BCUT2D eigenvalue weighted by Crippen LogP contribution is 2.25. The van der Waals surface area contributed by atoms with Crippen molar-refractivity contribution < 1.29 is 24.2 Å². The van der Waals surface area contributed by atoms with E-state index in [0.717, 1.165) is 0 Å². The van der Waals surface area contributed by atoms with Crippen LogP contribution in [0.1, 0.15) is 29.8 Å². The fourth-order valence-electron chi connectivity index (χ4n) is 1.75. The van der Waals surface area contributed by atoms with Crippen LogP contribution in [0.15, 0.2) is 39.9 Å². The number of esters is 2. The number of nitrogens with zero attached hydrogens (tertiary/aromatic N) is 2. The molecule has 1 aromatic carbocycles. The number of carbonyl (C=O) groups is 2. The molecule has 1 aliphatic heterocycles. The second kappa shape index (κ2) is 6.17. The van der Waals surface area contributed by atoms with E-state index in [2.05, 4.69) is 10.2 Å². The van der Waals surface area contributed by atoms with E-state index < -0.39 is 5.97 Å². The van der Waals surface area contributed by atoms with Crippen LogP contribution < -0.4 is 0 Å². The summed E-state index contributed by atoms with van der Waals surface area (Å²) < 4.78 is 9.64. The van der Waals surface area contributed by atoms with Crippen molar-refractivity contribution in [2.24, 2.45) is 10.2 Å². The van der Waals surface area contributed by atoms with Gasteiger partial charge < -0.3 is 14.6 Å². The number of cyclic esters (lactones) is 1. The molecule has 7 nitrogen and oxygen atoms in total. The van der Waals surface area contributed by atoms with Gasteiger partial charge in [0, 0.05) is 5.56 Å². The van der Waals surface area contributed by atoms with E-state index in [0.29, 0.717) is 16.8 Å². The van der Waals surface area contributed by atoms with Gasteiger partial charge in [-0.15, -0.1) is 5.11 Å². The zero-order chi connectivity index (χ0) is 15.4. The summed E-state index contributed by atoms with van der Waals surface area (Å²) in [7, 11) is 0. The number of ether oxygens (including phenoxy) is 2. The highest BCUT2D eigenvalue weighted by atomic mass is 16.5. The number of rotatable bonds is 4. The first-order valence-electron chi connectivity index (χ1n) is 6.31. The molecule has 7 heteroatoms. The molecule has 1 heterocycles. The molecule has 0 spiro atoms. The predicted molar refractivity (Wildman–Crippen MR) is 72.0 cm³/mol. The van der Waals surface area contributed by atoms with Crippen LogP contribution in [0.3, 0.4) is 0 Å². The molecule has 0 atom stereocenters. The first-order valence-corrected chi connectivity index (χ1v) is 6.31. The molecule has 110 valence electrons. The molecule has 1 N–H and O–H groups in total. The van der Waals surface area contributed by atoms with Crippen LogP contribution in [0.2, 0.25) is 0 Å². The minimum Gasteiger partial charge on any atom is -0.510 e. The van der Waals surface area contributed by atoms with E-state index in [-0.39, 0.29) is 30.6 Å². The third kappa shape index (κ3) is 3.25. The molecule has 0 saturated carbocycles. The smallest absolute Gasteiger partial charge is 0.362 e. The summed E-state index contributed by atoms with van der Waals surface area (Å²) in [5, 5.41) is 17.0. The lowest BCUT2D eigenvalue weighted by atomic mass is 10.1. The Kier molecular flexibility index (Phi) is 4.32. The topological polar surface area (TPSA) is 97.5 Å². The number of aliphatic hydroxyl groups excluding tert-OH is 1. The maximum atomic E-state index is 11.6. The van der Waals surface area contributed by atoms with Crippen LogP contribution in [-0.4, -0.2) is 23.7 Å². The van der Waals surface area contributed by atoms with Gasteiger partial charge in [-0.2, -0.15) is 5.11 Å². The maximum Gasteiger partial charge on any atom is 0.362 e. The number of hydrogen-bond acceptors (Lipinski definition) is 7. The average molecular weight is 290 g/mol. The number of fused-ring (bicyclic) bond motifs is 1. The Morgan fingerprint density at radius 2 is 2.24 bits per heavy atom. The molecule has 0 saturated heterocycles. The lowest BCUT2D eigenvalue weighted by Crippen LogP contribution is -2.07. The average Bonchev–Trinajstić information content (AvgIpc) is 2.80. The number of carbonyl (C=O) groups excluding carboxylic acids is 2. The highest BCUT2D eigenvalue weighted by Gasteiger charge is 2.21. The first kappa shape index (κ1) is 14.7. The Hall–Kier alpha value is -2.70. The number of benzene rings is 1. The summed E-state index contributed by atoms with van der Waals surface area (Å²) in [4.78, 5) is 22.9. The van der Waals surface area contributed by atoms with Crippen LogP contribution >= 0.6 is 0 Å². The second-order valence-corrected chi connectivity index (χ2v) is 4.27. The molecule has 0 fully saturated rings. The molecule has 21 heavy (non-hydrogen) atoms. The molecule has 2 rings (SSSR count). The largest absolute Gasteiger partial charge is 0.510 e. The molecule has 0 unspecified atom stereocenters. The van der Waals surface area contributed by atoms with Gasteiger partial charge in [-0.05, 0) is 32.0 Å². The predicted octanol–water partition coefficient (Wildman–Crippen LogP) is 2.79. The van der Waals surface area contributed by atoms with Crippen molar-refractivity contribution in [2.45, 2.75) is 20.5 Å². The van der Waals surface area contributed by atoms with Crippen LogP contribution in [0.5, 0.6) is 0 Å². The summed E-state index contributed by atoms with van der Waals surface area (Å²) in [5.41, 5.74) is 1.38. The van der Waals surface area contributed by atoms with Crippen molar-refractivity contribution in [3.05, 3.63) is 40.8 Å². The van der Waals surface area contributed by atoms with Crippen molar-refractivity contribution in [3.8, 4) is 0 Å². The summed E-state index contributed by atoms with van der Waals surface area (Å²) in [6.07, 6.45) is 0. The molecule has 0 aliphatic carbocycles. The third-order valence-electron chi connectivity index (χ3n) is 2.74. The van der Waals surface area contributed by atoms with E-state index in [1.807, 2.05) is 0 Å². The quantitative estimate of drug-likeness (QED) is 0.398. The molecule has 0 aromatic heterocycles. The molecular weight excluding hydrogens is 276 g/mol.